The molecule has 2 aromatic carbocycles. The predicted octanol–water partition coefficient (Wildman–Crippen LogP) is 3.84. The largest absolute Gasteiger partial charge is 0.497 e. The van der Waals surface area contributed by atoms with E-state index in [0.717, 1.165) is 27.8 Å². The number of ether oxygens (including phenoxy) is 1. The van der Waals surface area contributed by atoms with Crippen LogP contribution < -0.4 is 9.80 Å². The van der Waals surface area contributed by atoms with Crippen LogP contribution in [0, 0.1) is 0 Å². The highest BCUT2D eigenvalue weighted by atomic mass is 79.9. The maximum atomic E-state index is 11.2. The summed E-state index contributed by atoms with van der Waals surface area (Å²) in [7, 11) is 3.22. The van der Waals surface area contributed by atoms with E-state index in [1.54, 1.807) is 25.3 Å². The molecule has 0 aliphatic heterocycles. The first-order valence-corrected chi connectivity index (χ1v) is 7.16. The molecule has 4 nitrogen and oxygen atoms in total. The predicted molar refractivity (Wildman–Crippen MR) is 85.7 cm³/mol. The van der Waals surface area contributed by atoms with Crippen LogP contribution in [0.1, 0.15) is 15.9 Å². The van der Waals surface area contributed by atoms with E-state index >= 15 is 0 Å². The van der Waals surface area contributed by atoms with E-state index in [2.05, 4.69) is 15.9 Å². The zero-order valence-corrected chi connectivity index (χ0v) is 13.5. The molecule has 0 radical (unpaired) electrons. The number of methoxy groups -OCH3 is 1. The van der Waals surface area contributed by atoms with E-state index < -0.39 is 0 Å². The zero-order chi connectivity index (χ0) is 15.2. The van der Waals surface area contributed by atoms with Gasteiger partial charge in [0.05, 0.1) is 26.5 Å². The maximum Gasteiger partial charge on any atom is 0.152 e. The average molecular weight is 350 g/mol. The van der Waals surface area contributed by atoms with Gasteiger partial charge < -0.3 is 4.74 Å². The first-order valence-electron chi connectivity index (χ1n) is 6.37. The second kappa shape index (κ2) is 7.24. The van der Waals surface area contributed by atoms with Gasteiger partial charge in [0.25, 0.3) is 0 Å². The van der Waals surface area contributed by atoms with Crippen molar-refractivity contribution >= 4 is 27.9 Å². The Morgan fingerprint density at radius 1 is 1.14 bits per heavy atom. The lowest BCUT2D eigenvalue weighted by atomic mass is 10.1. The third kappa shape index (κ3) is 3.83. The molecule has 0 aliphatic rings. The van der Waals surface area contributed by atoms with Gasteiger partial charge in [0.15, 0.2) is 6.29 Å². The molecule has 110 valence electrons. The topological polar surface area (TPSA) is 38.8 Å². The molecule has 2 rings (SSSR count). The SMILES string of the molecule is COc1ccc(CN(OC)c2ccc(Br)cc2C=O)cc1. The Bertz CT molecular complexity index is 613. The Morgan fingerprint density at radius 2 is 1.86 bits per heavy atom. The van der Waals surface area contributed by atoms with Crippen LogP contribution in [0.5, 0.6) is 5.75 Å². The summed E-state index contributed by atoms with van der Waals surface area (Å²) >= 11 is 3.36. The summed E-state index contributed by atoms with van der Waals surface area (Å²) in [5.41, 5.74) is 2.35. The van der Waals surface area contributed by atoms with Crippen molar-refractivity contribution in [3.05, 3.63) is 58.1 Å². The van der Waals surface area contributed by atoms with Crippen molar-refractivity contribution in [1.29, 1.82) is 0 Å². The third-order valence-corrected chi connectivity index (χ3v) is 3.58. The van der Waals surface area contributed by atoms with E-state index in [0.29, 0.717) is 12.1 Å². The van der Waals surface area contributed by atoms with Gasteiger partial charge in [-0.1, -0.05) is 28.1 Å². The van der Waals surface area contributed by atoms with Crippen molar-refractivity contribution in [2.75, 3.05) is 19.3 Å². The van der Waals surface area contributed by atoms with E-state index in [-0.39, 0.29) is 0 Å². The van der Waals surface area contributed by atoms with E-state index in [4.69, 9.17) is 9.57 Å². The molecule has 0 atom stereocenters. The average Bonchev–Trinajstić information content (AvgIpc) is 2.53. The molecule has 0 aromatic heterocycles. The number of halogens is 1. The molecule has 0 saturated heterocycles. The van der Waals surface area contributed by atoms with Crippen LogP contribution >= 0.6 is 15.9 Å². The van der Waals surface area contributed by atoms with Crippen molar-refractivity contribution in [2.24, 2.45) is 0 Å². The minimum Gasteiger partial charge on any atom is -0.497 e. The molecule has 0 amide bonds. The summed E-state index contributed by atoms with van der Waals surface area (Å²) in [5.74, 6) is 0.805. The summed E-state index contributed by atoms with van der Waals surface area (Å²) in [5, 5.41) is 1.68. The van der Waals surface area contributed by atoms with Crippen LogP contribution in [0.15, 0.2) is 46.9 Å². The lowest BCUT2D eigenvalue weighted by Crippen LogP contribution is -2.22. The van der Waals surface area contributed by atoms with Crippen LogP contribution in [0.25, 0.3) is 0 Å². The van der Waals surface area contributed by atoms with Crippen LogP contribution in [0.2, 0.25) is 0 Å². The molecule has 0 aliphatic carbocycles. The van der Waals surface area contributed by atoms with Gasteiger partial charge in [0.2, 0.25) is 0 Å². The second-order valence-electron chi connectivity index (χ2n) is 4.39. The molecule has 0 fully saturated rings. The number of anilines is 1. The number of carbonyl (C=O) groups is 1. The summed E-state index contributed by atoms with van der Waals surface area (Å²) in [4.78, 5) is 16.6. The maximum absolute atomic E-state index is 11.2. The van der Waals surface area contributed by atoms with Gasteiger partial charge >= 0.3 is 0 Å². The smallest absolute Gasteiger partial charge is 0.152 e. The minimum atomic E-state index is 0.531. The molecule has 0 bridgehead atoms. The number of benzene rings is 2. The van der Waals surface area contributed by atoms with E-state index in [9.17, 15) is 4.79 Å². The highest BCUT2D eigenvalue weighted by Gasteiger charge is 2.12. The summed E-state index contributed by atoms with van der Waals surface area (Å²) in [6.45, 7) is 0.531. The van der Waals surface area contributed by atoms with Crippen LogP contribution in [0.4, 0.5) is 5.69 Å². The van der Waals surface area contributed by atoms with Gasteiger partial charge in [-0.25, -0.2) is 5.06 Å². The zero-order valence-electron chi connectivity index (χ0n) is 11.9. The second-order valence-corrected chi connectivity index (χ2v) is 5.30. The van der Waals surface area contributed by atoms with Crippen LogP contribution in [-0.4, -0.2) is 20.5 Å². The number of hydroxylamine groups is 1. The van der Waals surface area contributed by atoms with Gasteiger partial charge in [0.1, 0.15) is 5.75 Å². The first-order chi connectivity index (χ1) is 10.2. The Labute approximate surface area is 132 Å². The quantitative estimate of drug-likeness (QED) is 0.586. The molecule has 21 heavy (non-hydrogen) atoms. The number of aldehydes is 1. The minimum absolute atomic E-state index is 0.531. The first kappa shape index (κ1) is 15.5. The molecule has 0 saturated carbocycles. The monoisotopic (exact) mass is 349 g/mol. The lowest BCUT2D eigenvalue weighted by molar-refractivity contribution is 0.111. The van der Waals surface area contributed by atoms with Crippen molar-refractivity contribution in [2.45, 2.75) is 6.54 Å². The fourth-order valence-electron chi connectivity index (χ4n) is 1.99. The number of rotatable bonds is 6. The highest BCUT2D eigenvalue weighted by molar-refractivity contribution is 9.10. The molecule has 0 unspecified atom stereocenters. The van der Waals surface area contributed by atoms with Gasteiger partial charge in [-0.2, -0.15) is 0 Å². The molecular weight excluding hydrogens is 334 g/mol. The molecular formula is C16H16BrNO3. The number of nitrogens with zero attached hydrogens (tertiary/aromatic N) is 1. The summed E-state index contributed by atoms with van der Waals surface area (Å²) in [6.07, 6.45) is 0.820. The van der Waals surface area contributed by atoms with E-state index in [1.807, 2.05) is 36.4 Å². The lowest BCUT2D eigenvalue weighted by Gasteiger charge is -2.23. The van der Waals surface area contributed by atoms with Crippen molar-refractivity contribution in [1.82, 2.24) is 0 Å². The number of hydrogen-bond acceptors (Lipinski definition) is 4. The third-order valence-electron chi connectivity index (χ3n) is 3.09. The van der Waals surface area contributed by atoms with Crippen LogP contribution in [0.3, 0.4) is 0 Å². The van der Waals surface area contributed by atoms with Gasteiger partial charge in [-0.15, -0.1) is 0 Å². The van der Waals surface area contributed by atoms with Crippen LogP contribution in [-0.2, 0) is 11.4 Å². The summed E-state index contributed by atoms with van der Waals surface area (Å²) < 4.78 is 5.99. The molecule has 2 aromatic rings. The molecule has 0 spiro atoms. The summed E-state index contributed by atoms with van der Waals surface area (Å²) in [6, 6.07) is 13.2. The number of hydrogen-bond donors (Lipinski definition) is 0. The van der Waals surface area contributed by atoms with E-state index in [1.165, 1.54) is 0 Å². The van der Waals surface area contributed by atoms with Crippen molar-refractivity contribution in [3.8, 4) is 5.75 Å². The fourth-order valence-corrected chi connectivity index (χ4v) is 2.37. The molecule has 0 N–H and O–H groups in total. The highest BCUT2D eigenvalue weighted by Crippen LogP contribution is 2.25. The standard InChI is InChI=1S/C16H16BrNO3/c1-20-15-6-3-12(4-7-15)10-18(21-2)16-8-5-14(17)9-13(16)11-19/h3-9,11H,10H2,1-2H3. The normalized spacial score (nSPS) is 10.2. The fraction of sp³-hybridized carbons (Fsp3) is 0.188. The van der Waals surface area contributed by atoms with Crippen molar-refractivity contribution in [3.63, 3.8) is 0 Å². The Kier molecular flexibility index (Phi) is 5.36. The molecule has 0 heterocycles. The Hall–Kier alpha value is -1.85. The number of carbonyl (C=O) groups excluding carboxylic acids is 1. The van der Waals surface area contributed by atoms with Gasteiger partial charge in [0, 0.05) is 10.0 Å². The van der Waals surface area contributed by atoms with Gasteiger partial charge in [-0.05, 0) is 35.9 Å². The van der Waals surface area contributed by atoms with Crippen molar-refractivity contribution < 1.29 is 14.4 Å². The Balaban J connectivity index is 2.24. The van der Waals surface area contributed by atoms with Gasteiger partial charge in [-0.3, -0.25) is 9.63 Å². The molecule has 5 heteroatoms. The Morgan fingerprint density at radius 3 is 2.43 bits per heavy atom.